The average molecular weight is 465 g/mol. The molecule has 3 aromatic rings. The summed E-state index contributed by atoms with van der Waals surface area (Å²) in [5.74, 6) is 0.207. The highest BCUT2D eigenvalue weighted by Crippen LogP contribution is 2.34. The number of aromatic amines is 1. The standard InChI is InChI=1S/C10H12N4O3.C8H11N3O3S/c15-3-6-1-2-7(17-6)14-5-13-8-9(14)11-4-12-10(8)16;9-5-1-2-11(8(13)10-5)6-4-14-7(3-12)15-6/h4-7,15H,1-3H2,(H,11,12,16);1-2,6-7,12H,3-4H2,(H2,9,10,13). The van der Waals surface area contributed by atoms with E-state index >= 15 is 0 Å². The molecule has 4 atom stereocenters. The van der Waals surface area contributed by atoms with Crippen molar-refractivity contribution in [1.82, 2.24) is 29.1 Å². The van der Waals surface area contributed by atoms with Crippen molar-refractivity contribution in [2.24, 2.45) is 0 Å². The summed E-state index contributed by atoms with van der Waals surface area (Å²) in [6.45, 7) is 0.344. The van der Waals surface area contributed by atoms with Crippen LogP contribution in [0.1, 0.15) is 24.4 Å². The number of H-pyrrole nitrogens is 1. The van der Waals surface area contributed by atoms with Crippen LogP contribution in [0.2, 0.25) is 0 Å². The summed E-state index contributed by atoms with van der Waals surface area (Å²) < 4.78 is 14.1. The van der Waals surface area contributed by atoms with Gasteiger partial charge in [-0.25, -0.2) is 14.8 Å². The number of hydrogen-bond acceptors (Lipinski definition) is 11. The maximum absolute atomic E-state index is 11.5. The molecule has 4 unspecified atom stereocenters. The highest BCUT2D eigenvalue weighted by molar-refractivity contribution is 8.00. The number of rotatable bonds is 4. The molecule has 0 radical (unpaired) electrons. The number of nitrogen functional groups attached to an aromatic ring is 1. The first kappa shape index (κ1) is 22.4. The van der Waals surface area contributed by atoms with Crippen molar-refractivity contribution in [2.75, 3.05) is 25.6 Å². The van der Waals surface area contributed by atoms with Crippen LogP contribution in [0.5, 0.6) is 0 Å². The number of ether oxygens (including phenoxy) is 2. The highest BCUT2D eigenvalue weighted by Gasteiger charge is 2.28. The summed E-state index contributed by atoms with van der Waals surface area (Å²) in [5, 5.41) is 17.8. The van der Waals surface area contributed by atoms with E-state index in [1.807, 2.05) is 0 Å². The molecule has 0 spiro atoms. The first-order valence-electron chi connectivity index (χ1n) is 9.89. The van der Waals surface area contributed by atoms with Crippen molar-refractivity contribution in [3.05, 3.63) is 45.8 Å². The largest absolute Gasteiger partial charge is 0.394 e. The molecule has 3 aromatic heterocycles. The predicted molar refractivity (Wildman–Crippen MR) is 115 cm³/mol. The molecule has 0 aromatic carbocycles. The number of aromatic nitrogens is 6. The zero-order valence-corrected chi connectivity index (χ0v) is 17.7. The van der Waals surface area contributed by atoms with Crippen LogP contribution < -0.4 is 17.0 Å². The summed E-state index contributed by atoms with van der Waals surface area (Å²) in [5.41, 5.74) is 5.28. The maximum atomic E-state index is 11.5. The van der Waals surface area contributed by atoms with Gasteiger partial charge < -0.3 is 30.4 Å². The van der Waals surface area contributed by atoms with Gasteiger partial charge in [-0.2, -0.15) is 4.98 Å². The number of nitrogens with one attached hydrogen (secondary N) is 1. The lowest BCUT2D eigenvalue weighted by Crippen LogP contribution is -2.26. The Hall–Kier alpha value is -2.78. The van der Waals surface area contributed by atoms with Crippen LogP contribution in [0.4, 0.5) is 5.82 Å². The number of nitrogens with two attached hydrogens (primary N) is 1. The van der Waals surface area contributed by atoms with Crippen LogP contribution in [-0.2, 0) is 9.47 Å². The monoisotopic (exact) mass is 465 g/mol. The van der Waals surface area contributed by atoms with E-state index in [0.29, 0.717) is 17.8 Å². The minimum atomic E-state index is -0.394. The van der Waals surface area contributed by atoms with E-state index < -0.39 is 5.69 Å². The molecule has 14 heteroatoms. The topological polar surface area (TPSA) is 183 Å². The normalized spacial score (nSPS) is 25.1. The fraction of sp³-hybridized carbons (Fsp3) is 0.500. The first-order chi connectivity index (χ1) is 15.5. The second-order valence-electron chi connectivity index (χ2n) is 7.11. The Labute approximate surface area is 185 Å². The maximum Gasteiger partial charge on any atom is 0.350 e. The first-order valence-corrected chi connectivity index (χ1v) is 10.8. The SMILES string of the molecule is Nc1ccn(C2COC(CO)S2)c(=O)n1.O=c1[nH]cnc2c1ncn2C1CCC(CO)O1. The van der Waals surface area contributed by atoms with E-state index in [1.54, 1.807) is 23.2 Å². The minimum Gasteiger partial charge on any atom is -0.394 e. The van der Waals surface area contributed by atoms with Crippen molar-refractivity contribution in [3.63, 3.8) is 0 Å². The molecule has 32 heavy (non-hydrogen) atoms. The zero-order valence-electron chi connectivity index (χ0n) is 16.9. The molecule has 13 nitrogen and oxygen atoms in total. The lowest BCUT2D eigenvalue weighted by Gasteiger charge is -2.13. The number of hydrogen-bond donors (Lipinski definition) is 4. The third-order valence-corrected chi connectivity index (χ3v) is 6.27. The highest BCUT2D eigenvalue weighted by atomic mass is 32.2. The smallest absolute Gasteiger partial charge is 0.350 e. The molecule has 0 saturated carbocycles. The van der Waals surface area contributed by atoms with Gasteiger partial charge in [0.25, 0.3) is 5.56 Å². The van der Waals surface area contributed by atoms with Gasteiger partial charge in [0.05, 0.1) is 38.6 Å². The van der Waals surface area contributed by atoms with Crippen molar-refractivity contribution in [3.8, 4) is 0 Å². The fourth-order valence-electron chi connectivity index (χ4n) is 3.43. The van der Waals surface area contributed by atoms with Gasteiger partial charge in [-0.05, 0) is 18.9 Å². The molecule has 2 aliphatic heterocycles. The number of nitrogens with zero attached hydrogens (tertiary/aromatic N) is 5. The Kier molecular flexibility index (Phi) is 6.86. The van der Waals surface area contributed by atoms with Crippen LogP contribution in [0, 0.1) is 0 Å². The lowest BCUT2D eigenvalue weighted by atomic mass is 10.2. The van der Waals surface area contributed by atoms with E-state index in [-0.39, 0.29) is 47.7 Å². The van der Waals surface area contributed by atoms with Crippen molar-refractivity contribution in [2.45, 2.75) is 36.0 Å². The number of anilines is 1. The summed E-state index contributed by atoms with van der Waals surface area (Å²) >= 11 is 1.39. The van der Waals surface area contributed by atoms with Gasteiger partial charge in [0.1, 0.15) is 22.9 Å². The van der Waals surface area contributed by atoms with Crippen LogP contribution >= 0.6 is 11.8 Å². The number of imidazole rings is 1. The van der Waals surface area contributed by atoms with Gasteiger partial charge in [-0.1, -0.05) is 0 Å². The Morgan fingerprint density at radius 3 is 2.75 bits per heavy atom. The van der Waals surface area contributed by atoms with Gasteiger partial charge in [-0.3, -0.25) is 13.9 Å². The van der Waals surface area contributed by atoms with Gasteiger partial charge >= 0.3 is 5.69 Å². The third kappa shape index (κ3) is 4.68. The van der Waals surface area contributed by atoms with Crippen LogP contribution in [0.15, 0.2) is 34.5 Å². The number of aliphatic hydroxyl groups excluding tert-OH is 2. The molecule has 172 valence electrons. The van der Waals surface area contributed by atoms with Crippen LogP contribution in [0.25, 0.3) is 11.2 Å². The predicted octanol–water partition coefficient (Wildman–Crippen LogP) is -0.805. The summed E-state index contributed by atoms with van der Waals surface area (Å²) in [6, 6.07) is 1.56. The number of fused-ring (bicyclic) bond motifs is 1. The summed E-state index contributed by atoms with van der Waals surface area (Å²) in [7, 11) is 0. The quantitative estimate of drug-likeness (QED) is 0.378. The number of thioether (sulfide) groups is 1. The van der Waals surface area contributed by atoms with E-state index in [2.05, 4.69) is 19.9 Å². The molecule has 0 aliphatic carbocycles. The second-order valence-corrected chi connectivity index (χ2v) is 8.45. The summed E-state index contributed by atoms with van der Waals surface area (Å²) in [6.07, 6.45) is 5.73. The fourth-order valence-corrected chi connectivity index (χ4v) is 4.47. The number of aliphatic hydroxyl groups is 2. The minimum absolute atomic E-state index is 0.0111. The van der Waals surface area contributed by atoms with Gasteiger partial charge in [0.15, 0.2) is 11.2 Å². The molecule has 0 bridgehead atoms. The molecule has 2 aliphatic rings. The average Bonchev–Trinajstić information content (AvgIpc) is 3.53. The molecule has 2 saturated heterocycles. The van der Waals surface area contributed by atoms with Crippen LogP contribution in [-0.4, -0.2) is 70.6 Å². The molecule has 5 rings (SSSR count). The summed E-state index contributed by atoms with van der Waals surface area (Å²) in [4.78, 5) is 37.2. The zero-order chi connectivity index (χ0) is 22.7. The lowest BCUT2D eigenvalue weighted by molar-refractivity contribution is -0.0207. The van der Waals surface area contributed by atoms with E-state index in [9.17, 15) is 9.59 Å². The van der Waals surface area contributed by atoms with Crippen molar-refractivity contribution < 1.29 is 19.7 Å². The Morgan fingerprint density at radius 2 is 2.06 bits per heavy atom. The Bertz CT molecular complexity index is 1180. The van der Waals surface area contributed by atoms with Gasteiger partial charge in [-0.15, -0.1) is 11.8 Å². The second kappa shape index (κ2) is 9.79. The van der Waals surface area contributed by atoms with Crippen LogP contribution in [0.3, 0.4) is 0 Å². The van der Waals surface area contributed by atoms with E-state index in [4.69, 9.17) is 25.4 Å². The van der Waals surface area contributed by atoms with E-state index in [1.165, 1.54) is 22.7 Å². The van der Waals surface area contributed by atoms with Gasteiger partial charge in [0.2, 0.25) is 0 Å². The molecular weight excluding hydrogens is 442 g/mol. The Morgan fingerprint density at radius 1 is 1.22 bits per heavy atom. The third-order valence-electron chi connectivity index (χ3n) is 5.01. The molecule has 5 N–H and O–H groups in total. The molecule has 0 amide bonds. The van der Waals surface area contributed by atoms with Crippen molar-refractivity contribution >= 4 is 28.7 Å². The molecule has 2 fully saturated rings. The Balaban J connectivity index is 0.000000155. The van der Waals surface area contributed by atoms with E-state index in [0.717, 1.165) is 12.8 Å². The molecule has 5 heterocycles. The van der Waals surface area contributed by atoms with Gasteiger partial charge in [0, 0.05) is 6.20 Å². The van der Waals surface area contributed by atoms with Crippen molar-refractivity contribution in [1.29, 1.82) is 0 Å². The molecular formula is C18H23N7O6S.